The van der Waals surface area contributed by atoms with Crippen molar-refractivity contribution in [3.05, 3.63) is 59.9 Å². The van der Waals surface area contributed by atoms with Gasteiger partial charge in [-0.3, -0.25) is 4.79 Å². The summed E-state index contributed by atoms with van der Waals surface area (Å²) in [6, 6.07) is 8.83. The van der Waals surface area contributed by atoms with E-state index in [0.29, 0.717) is 31.0 Å². The van der Waals surface area contributed by atoms with E-state index in [1.54, 1.807) is 0 Å². The maximum Gasteiger partial charge on any atom is 0.326 e. The predicted molar refractivity (Wildman–Crippen MR) is 175 cm³/mol. The number of carbonyl (C=O) groups is 4. The number of benzene rings is 1. The van der Waals surface area contributed by atoms with Gasteiger partial charge in [-0.2, -0.15) is 0 Å². The van der Waals surface area contributed by atoms with Crippen molar-refractivity contribution in [1.29, 1.82) is 0 Å². The molecule has 0 radical (unpaired) electrons. The van der Waals surface area contributed by atoms with E-state index in [9.17, 15) is 24.3 Å². The van der Waals surface area contributed by atoms with Crippen LogP contribution in [0.4, 0.5) is 10.5 Å². The first-order valence-electron chi connectivity index (χ1n) is 14.7. The van der Waals surface area contributed by atoms with E-state index in [1.165, 1.54) is 0 Å². The molecule has 13 nitrogen and oxygen atoms in total. The third-order valence-electron chi connectivity index (χ3n) is 6.73. The number of carboxylic acid groups (broad SMARTS) is 3. The first-order valence-corrected chi connectivity index (χ1v) is 15.1. The van der Waals surface area contributed by atoms with Crippen molar-refractivity contribution < 1.29 is 39.1 Å². The lowest BCUT2D eigenvalue weighted by atomic mass is 10.1. The smallest absolute Gasteiger partial charge is 0.326 e. The molecule has 45 heavy (non-hydrogen) atoms. The van der Waals surface area contributed by atoms with Crippen LogP contribution in [-0.2, 0) is 20.9 Å². The fourth-order valence-corrected chi connectivity index (χ4v) is 4.35. The van der Waals surface area contributed by atoms with Crippen molar-refractivity contribution in [2.45, 2.75) is 57.2 Å². The number of aliphatic carboxylic acids is 3. The average Bonchev–Trinajstić information content (AvgIpc) is 3.00. The van der Waals surface area contributed by atoms with Gasteiger partial charge in [-0.05, 0) is 61.2 Å². The van der Waals surface area contributed by atoms with Crippen LogP contribution in [0.1, 0.15) is 49.7 Å². The monoisotopic (exact) mass is 643 g/mol. The van der Waals surface area contributed by atoms with Crippen LogP contribution >= 0.6 is 12.2 Å². The van der Waals surface area contributed by atoms with Gasteiger partial charge in [0.1, 0.15) is 18.6 Å². The quantitative estimate of drug-likeness (QED) is 0.0677. The van der Waals surface area contributed by atoms with Crippen molar-refractivity contribution in [2.24, 2.45) is 0 Å². The molecular weight excluding hydrogens is 600 g/mol. The van der Waals surface area contributed by atoms with Crippen molar-refractivity contribution in [3.8, 4) is 0 Å². The number of rotatable bonds is 19. The molecule has 2 atom stereocenters. The van der Waals surface area contributed by atoms with Crippen LogP contribution in [0, 0.1) is 0 Å². The number of hydrogen-bond acceptors (Lipinski definition) is 6. The van der Waals surface area contributed by atoms with E-state index in [1.807, 2.05) is 26.5 Å². The third-order valence-corrected chi connectivity index (χ3v) is 7.02. The fourth-order valence-electron chi connectivity index (χ4n) is 4.15. The Morgan fingerprint density at radius 3 is 1.87 bits per heavy atom. The number of aromatic nitrogens is 1. The Labute approximate surface area is 268 Å². The van der Waals surface area contributed by atoms with Crippen LogP contribution < -0.4 is 30.7 Å². The molecule has 0 aliphatic carbocycles. The Hall–Kier alpha value is -4.72. The molecule has 0 spiro atoms. The second-order valence-corrected chi connectivity index (χ2v) is 11.0. The molecule has 0 aliphatic heterocycles. The Morgan fingerprint density at radius 2 is 1.33 bits per heavy atom. The van der Waals surface area contributed by atoms with Gasteiger partial charge in [-0.1, -0.05) is 24.3 Å². The van der Waals surface area contributed by atoms with Crippen LogP contribution in [-0.4, -0.2) is 83.6 Å². The van der Waals surface area contributed by atoms with Gasteiger partial charge in [-0.25, -0.2) is 19.0 Å². The Balaban J connectivity index is 1.61. The van der Waals surface area contributed by atoms with Gasteiger partial charge in [0, 0.05) is 57.8 Å². The second-order valence-electron chi connectivity index (χ2n) is 10.6. The number of pyridine rings is 1. The van der Waals surface area contributed by atoms with Gasteiger partial charge in [0.15, 0.2) is 17.5 Å². The maximum atomic E-state index is 12.1. The van der Waals surface area contributed by atoms with Crippen LogP contribution in [0.25, 0.3) is 12.2 Å². The lowest BCUT2D eigenvalue weighted by molar-refractivity contribution is -0.697. The van der Waals surface area contributed by atoms with Crippen molar-refractivity contribution in [3.63, 3.8) is 0 Å². The van der Waals surface area contributed by atoms with Gasteiger partial charge < -0.3 is 41.5 Å². The Kier molecular flexibility index (Phi) is 15.8. The summed E-state index contributed by atoms with van der Waals surface area (Å²) < 4.78 is 2.10. The fraction of sp³-hybridized carbons (Fsp3) is 0.419. The number of aryl methyl sites for hydroxylation is 1. The van der Waals surface area contributed by atoms with Crippen LogP contribution in [0.5, 0.6) is 0 Å². The number of thiocarbonyl (C=S) groups is 1. The summed E-state index contributed by atoms with van der Waals surface area (Å²) >= 11 is 5.31. The van der Waals surface area contributed by atoms with Gasteiger partial charge in [0.25, 0.3) is 0 Å². The highest BCUT2D eigenvalue weighted by Crippen LogP contribution is 2.14. The summed E-state index contributed by atoms with van der Waals surface area (Å²) in [5, 5.41) is 38.3. The zero-order chi connectivity index (χ0) is 33.2. The number of carboxylic acids is 3. The third kappa shape index (κ3) is 15.0. The summed E-state index contributed by atoms with van der Waals surface area (Å²) in [7, 11) is 4.03. The normalized spacial score (nSPS) is 12.1. The highest BCUT2D eigenvalue weighted by molar-refractivity contribution is 7.80. The molecule has 7 N–H and O–H groups in total. The zero-order valence-corrected chi connectivity index (χ0v) is 26.4. The number of carbonyl (C=O) groups excluding carboxylic acids is 1. The highest BCUT2D eigenvalue weighted by Gasteiger charge is 2.24. The van der Waals surface area contributed by atoms with E-state index < -0.39 is 42.4 Å². The van der Waals surface area contributed by atoms with Gasteiger partial charge in [0.2, 0.25) is 0 Å². The molecule has 0 saturated heterocycles. The number of hydrogen-bond donors (Lipinski definition) is 7. The molecule has 1 heterocycles. The molecule has 0 fully saturated rings. The second kappa shape index (κ2) is 19.5. The van der Waals surface area contributed by atoms with Gasteiger partial charge in [0.05, 0.1) is 0 Å². The zero-order valence-electron chi connectivity index (χ0n) is 25.6. The van der Waals surface area contributed by atoms with E-state index in [0.717, 1.165) is 29.8 Å². The standard InChI is InChI=1S/C31H42N6O7S/c1-36(2)24-11-9-22(10-12-24)7-8-23-15-20-37(21-16-23)19-5-18-33-31(45)32-17-4-3-6-25(28(40)41)34-30(44)35-26(29(42)43)13-14-27(38)39/h7-12,15-16,20-21,25-26H,3-6,13-14,17-19H2,1-2H3,(H6-,32,33,34,35,38,39,40,41,42,43,44,45)/p+1. The molecule has 2 rings (SSSR count). The Bertz CT molecular complexity index is 1300. The van der Waals surface area contributed by atoms with E-state index >= 15 is 0 Å². The molecule has 2 aromatic rings. The van der Waals surface area contributed by atoms with E-state index in [2.05, 4.69) is 79.3 Å². The number of amides is 2. The molecule has 0 saturated carbocycles. The predicted octanol–water partition coefficient (Wildman–Crippen LogP) is 2.31. The molecular formula is C31H43N6O7S+. The van der Waals surface area contributed by atoms with Crippen molar-refractivity contribution in [2.75, 3.05) is 32.1 Å². The summed E-state index contributed by atoms with van der Waals surface area (Å²) in [4.78, 5) is 47.6. The minimum absolute atomic E-state index is 0.118. The van der Waals surface area contributed by atoms with E-state index in [-0.39, 0.29) is 12.8 Å². The first kappa shape index (κ1) is 36.5. The molecule has 14 heteroatoms. The Morgan fingerprint density at radius 1 is 0.800 bits per heavy atom. The van der Waals surface area contributed by atoms with Gasteiger partial charge in [-0.15, -0.1) is 0 Å². The maximum absolute atomic E-state index is 12.1. The SMILES string of the molecule is CN(C)c1ccc(C=Cc2cc[n+](CCCNC(=S)NCCCCC(NC(=O)NC(CCC(=O)O)C(=O)O)C(=O)O)cc2)cc1. The number of urea groups is 1. The molecule has 244 valence electrons. The molecule has 1 aromatic heterocycles. The van der Waals surface area contributed by atoms with Crippen LogP contribution in [0.15, 0.2) is 48.8 Å². The molecule has 2 amide bonds. The topological polar surface area (TPSA) is 184 Å². The lowest BCUT2D eigenvalue weighted by Gasteiger charge is -2.18. The molecule has 1 aromatic carbocycles. The number of unbranched alkanes of at least 4 members (excludes halogenated alkanes) is 1. The largest absolute Gasteiger partial charge is 0.481 e. The minimum atomic E-state index is -1.45. The summed E-state index contributed by atoms with van der Waals surface area (Å²) in [6.07, 6.45) is 9.48. The summed E-state index contributed by atoms with van der Waals surface area (Å²) in [5.41, 5.74) is 3.41. The average molecular weight is 644 g/mol. The molecule has 2 unspecified atom stereocenters. The summed E-state index contributed by atoms with van der Waals surface area (Å²) in [5.74, 6) is -3.88. The minimum Gasteiger partial charge on any atom is -0.481 e. The van der Waals surface area contributed by atoms with Crippen LogP contribution in [0.3, 0.4) is 0 Å². The lowest BCUT2D eigenvalue weighted by Crippen LogP contribution is -2.51. The van der Waals surface area contributed by atoms with E-state index in [4.69, 9.17) is 22.4 Å². The first-order chi connectivity index (χ1) is 21.4. The summed E-state index contributed by atoms with van der Waals surface area (Å²) in [6.45, 7) is 1.99. The molecule has 0 bridgehead atoms. The number of nitrogens with zero attached hydrogens (tertiary/aromatic N) is 2. The van der Waals surface area contributed by atoms with Crippen LogP contribution in [0.2, 0.25) is 0 Å². The number of anilines is 1. The highest BCUT2D eigenvalue weighted by atomic mass is 32.1. The van der Waals surface area contributed by atoms with Crippen molar-refractivity contribution >= 4 is 59.1 Å². The van der Waals surface area contributed by atoms with Crippen molar-refractivity contribution in [1.82, 2.24) is 21.3 Å². The molecule has 0 aliphatic rings. The van der Waals surface area contributed by atoms with Gasteiger partial charge >= 0.3 is 23.9 Å². The number of nitrogens with one attached hydrogen (secondary N) is 4.